The molecule has 2 aliphatic heterocycles. The van der Waals surface area contributed by atoms with Crippen LogP contribution in [0.1, 0.15) is 11.3 Å². The third-order valence-electron chi connectivity index (χ3n) is 4.57. The number of ether oxygens (including phenoxy) is 2. The van der Waals surface area contributed by atoms with Gasteiger partial charge in [0, 0.05) is 34.8 Å². The van der Waals surface area contributed by atoms with Crippen LogP contribution in [0.25, 0.3) is 0 Å². The van der Waals surface area contributed by atoms with Crippen LogP contribution in [-0.4, -0.2) is 27.8 Å². The second kappa shape index (κ2) is 6.63. The van der Waals surface area contributed by atoms with Gasteiger partial charge < -0.3 is 14.6 Å². The summed E-state index contributed by atoms with van der Waals surface area (Å²) < 4.78 is 10.9. The van der Waals surface area contributed by atoms with Gasteiger partial charge in [-0.15, -0.1) is 11.8 Å². The Labute approximate surface area is 160 Å². The van der Waals surface area contributed by atoms with Crippen LogP contribution in [0.2, 0.25) is 0 Å². The third kappa shape index (κ3) is 3.02. The molecule has 3 heterocycles. The first-order valence-corrected chi connectivity index (χ1v) is 9.53. The van der Waals surface area contributed by atoms with Crippen LogP contribution in [0.4, 0.5) is 5.69 Å². The molecule has 1 N–H and O–H groups in total. The van der Waals surface area contributed by atoms with E-state index in [1.165, 1.54) is 0 Å². The molecule has 134 valence electrons. The van der Waals surface area contributed by atoms with Crippen molar-refractivity contribution in [2.45, 2.75) is 16.6 Å². The van der Waals surface area contributed by atoms with Gasteiger partial charge in [-0.25, -0.2) is 0 Å². The molecule has 2 aliphatic rings. The van der Waals surface area contributed by atoms with E-state index in [0.717, 1.165) is 22.0 Å². The molecule has 0 amide bonds. The number of phenolic OH excluding ortho intramolecular Hbond substituents is 1. The van der Waals surface area contributed by atoms with Crippen molar-refractivity contribution in [1.29, 1.82) is 0 Å². The number of rotatable bonds is 3. The van der Waals surface area contributed by atoms with E-state index in [-0.39, 0.29) is 17.8 Å². The molecule has 5 rings (SSSR count). The predicted octanol–water partition coefficient (Wildman–Crippen LogP) is 4.35. The number of phenols is 1. The molecule has 0 aliphatic carbocycles. The van der Waals surface area contributed by atoms with Crippen LogP contribution in [0.15, 0.2) is 70.7 Å². The van der Waals surface area contributed by atoms with Gasteiger partial charge in [0.15, 0.2) is 11.5 Å². The van der Waals surface area contributed by atoms with Crippen molar-refractivity contribution in [1.82, 2.24) is 4.98 Å². The average Bonchev–Trinajstić information content (AvgIpc) is 3.15. The van der Waals surface area contributed by atoms with Gasteiger partial charge in [-0.3, -0.25) is 9.98 Å². The zero-order valence-corrected chi connectivity index (χ0v) is 15.1. The van der Waals surface area contributed by atoms with Crippen LogP contribution in [-0.2, 0) is 6.42 Å². The second-order valence-corrected chi connectivity index (χ2v) is 7.56. The Hall–Kier alpha value is -2.99. The monoisotopic (exact) mass is 376 g/mol. The Morgan fingerprint density at radius 2 is 1.85 bits per heavy atom. The van der Waals surface area contributed by atoms with E-state index < -0.39 is 0 Å². The van der Waals surface area contributed by atoms with Gasteiger partial charge in [-0.2, -0.15) is 0 Å². The Kier molecular flexibility index (Phi) is 3.98. The number of aliphatic imine (C=N–C) groups is 1. The van der Waals surface area contributed by atoms with E-state index in [4.69, 9.17) is 14.5 Å². The van der Waals surface area contributed by atoms with Crippen LogP contribution in [0, 0.1) is 0 Å². The number of hydrogen-bond acceptors (Lipinski definition) is 6. The number of aromatic nitrogens is 1. The Balaban J connectivity index is 1.61. The maximum atomic E-state index is 10.6. The van der Waals surface area contributed by atoms with Gasteiger partial charge >= 0.3 is 0 Å². The number of nitrogens with zero attached hydrogens (tertiary/aromatic N) is 2. The molecule has 0 bridgehead atoms. The molecular formula is C21H16N2O3S. The Bertz CT molecular complexity index is 1040. The maximum Gasteiger partial charge on any atom is 0.231 e. The quantitative estimate of drug-likeness (QED) is 0.736. The van der Waals surface area contributed by atoms with Gasteiger partial charge in [0.05, 0.1) is 16.6 Å². The second-order valence-electron chi connectivity index (χ2n) is 6.32. The molecule has 0 saturated heterocycles. The van der Waals surface area contributed by atoms with Crippen LogP contribution >= 0.6 is 11.8 Å². The average molecular weight is 376 g/mol. The molecule has 0 saturated carbocycles. The summed E-state index contributed by atoms with van der Waals surface area (Å²) in [5.74, 6) is 1.33. The van der Waals surface area contributed by atoms with Crippen molar-refractivity contribution in [3.63, 3.8) is 0 Å². The number of thioether (sulfide) groups is 1. The molecule has 5 nitrogen and oxygen atoms in total. The fourth-order valence-electron chi connectivity index (χ4n) is 3.28. The zero-order chi connectivity index (χ0) is 18.2. The summed E-state index contributed by atoms with van der Waals surface area (Å²) in [5, 5.41) is 10.6. The fraction of sp³-hybridized carbons (Fsp3) is 0.143. The van der Waals surface area contributed by atoms with E-state index in [9.17, 15) is 5.11 Å². The maximum absolute atomic E-state index is 10.6. The van der Waals surface area contributed by atoms with Crippen LogP contribution < -0.4 is 9.47 Å². The van der Waals surface area contributed by atoms with Gasteiger partial charge in [-0.05, 0) is 30.3 Å². The van der Waals surface area contributed by atoms with Crippen molar-refractivity contribution < 1.29 is 14.6 Å². The molecule has 0 radical (unpaired) electrons. The minimum absolute atomic E-state index is 0.0288. The summed E-state index contributed by atoms with van der Waals surface area (Å²) in [7, 11) is 0. The number of para-hydroxylation sites is 1. The van der Waals surface area contributed by atoms with Crippen molar-refractivity contribution in [3.05, 3.63) is 72.1 Å². The molecule has 0 spiro atoms. The van der Waals surface area contributed by atoms with Gasteiger partial charge in [0.25, 0.3) is 0 Å². The SMILES string of the molecule is Oc1cc2c(cc1C1=Nc3ccccc3SC1Cc1ccccn1)OCO2. The zero-order valence-electron chi connectivity index (χ0n) is 14.3. The minimum atomic E-state index is 0.0288. The molecule has 1 unspecified atom stereocenters. The summed E-state index contributed by atoms with van der Waals surface area (Å²) in [5.41, 5.74) is 3.39. The highest BCUT2D eigenvalue weighted by Crippen LogP contribution is 2.44. The smallest absolute Gasteiger partial charge is 0.231 e. The van der Waals surface area contributed by atoms with Gasteiger partial charge in [-0.1, -0.05) is 18.2 Å². The topological polar surface area (TPSA) is 63.9 Å². The summed E-state index contributed by atoms with van der Waals surface area (Å²) in [6.45, 7) is 0.166. The first-order chi connectivity index (χ1) is 13.3. The van der Waals surface area contributed by atoms with Crippen molar-refractivity contribution >= 4 is 23.2 Å². The lowest BCUT2D eigenvalue weighted by atomic mass is 10.0. The molecular weight excluding hydrogens is 360 g/mol. The molecule has 0 fully saturated rings. The van der Waals surface area contributed by atoms with E-state index in [0.29, 0.717) is 23.5 Å². The van der Waals surface area contributed by atoms with Gasteiger partial charge in [0.1, 0.15) is 5.75 Å². The Morgan fingerprint density at radius 3 is 2.70 bits per heavy atom. The molecule has 3 aromatic rings. The molecule has 27 heavy (non-hydrogen) atoms. The first kappa shape index (κ1) is 16.2. The number of hydrogen-bond donors (Lipinski definition) is 1. The summed E-state index contributed by atoms with van der Waals surface area (Å²) in [6.07, 6.45) is 2.51. The van der Waals surface area contributed by atoms with Crippen molar-refractivity contribution in [2.24, 2.45) is 4.99 Å². The summed E-state index contributed by atoms with van der Waals surface area (Å²) >= 11 is 1.74. The lowest BCUT2D eigenvalue weighted by Crippen LogP contribution is -2.24. The highest BCUT2D eigenvalue weighted by atomic mass is 32.2. The largest absolute Gasteiger partial charge is 0.507 e. The highest BCUT2D eigenvalue weighted by molar-refractivity contribution is 8.01. The van der Waals surface area contributed by atoms with E-state index in [1.54, 1.807) is 24.0 Å². The van der Waals surface area contributed by atoms with Crippen molar-refractivity contribution in [3.8, 4) is 17.2 Å². The van der Waals surface area contributed by atoms with Gasteiger partial charge in [0.2, 0.25) is 6.79 Å². The highest BCUT2D eigenvalue weighted by Gasteiger charge is 2.29. The number of aromatic hydroxyl groups is 1. The summed E-state index contributed by atoms with van der Waals surface area (Å²) in [6, 6.07) is 17.4. The van der Waals surface area contributed by atoms with E-state index in [1.807, 2.05) is 42.5 Å². The minimum Gasteiger partial charge on any atom is -0.507 e. The van der Waals surface area contributed by atoms with Crippen LogP contribution in [0.3, 0.4) is 0 Å². The van der Waals surface area contributed by atoms with Crippen molar-refractivity contribution in [2.75, 3.05) is 6.79 Å². The lowest BCUT2D eigenvalue weighted by Gasteiger charge is -2.25. The third-order valence-corrected chi connectivity index (χ3v) is 5.84. The predicted molar refractivity (Wildman–Crippen MR) is 104 cm³/mol. The number of benzene rings is 2. The molecule has 2 aromatic carbocycles. The standard InChI is InChI=1S/C21H16N2O3S/c24-16-11-18-17(25-12-26-18)10-14(16)21-20(9-13-5-3-4-8-22-13)27-19-7-2-1-6-15(19)23-21/h1-8,10-11,20,24H,9,12H2. The molecule has 1 atom stereocenters. The number of fused-ring (bicyclic) bond motifs is 2. The first-order valence-electron chi connectivity index (χ1n) is 8.65. The van der Waals surface area contributed by atoms with Crippen LogP contribution in [0.5, 0.6) is 17.2 Å². The Morgan fingerprint density at radius 1 is 1.04 bits per heavy atom. The molecule has 6 heteroatoms. The molecule has 1 aromatic heterocycles. The number of pyridine rings is 1. The lowest BCUT2D eigenvalue weighted by molar-refractivity contribution is 0.174. The van der Waals surface area contributed by atoms with E-state index in [2.05, 4.69) is 11.1 Å². The summed E-state index contributed by atoms with van der Waals surface area (Å²) in [4.78, 5) is 10.5. The normalized spacial score (nSPS) is 17.3. The van der Waals surface area contributed by atoms with E-state index >= 15 is 0 Å². The fourth-order valence-corrected chi connectivity index (χ4v) is 4.52.